The van der Waals surface area contributed by atoms with E-state index in [4.69, 9.17) is 4.74 Å². The van der Waals surface area contributed by atoms with Gasteiger partial charge in [0.25, 0.3) is 0 Å². The summed E-state index contributed by atoms with van der Waals surface area (Å²) in [6, 6.07) is 25.0. The molecule has 2 aliphatic rings. The first kappa shape index (κ1) is 18.3. The monoisotopic (exact) mass is 388 g/mol. The number of ether oxygens (including phenoxy) is 1. The van der Waals surface area contributed by atoms with Crippen molar-refractivity contribution in [3.05, 3.63) is 89.7 Å². The summed E-state index contributed by atoms with van der Waals surface area (Å²) in [6.07, 6.45) is 0. The van der Waals surface area contributed by atoms with Crippen LogP contribution >= 0.6 is 0 Å². The van der Waals surface area contributed by atoms with E-state index in [2.05, 4.69) is 46.6 Å². The largest absolute Gasteiger partial charge is 0.497 e. The maximum atomic E-state index is 14.1. The molecule has 148 valence electrons. The fraction of sp³-hybridized carbons (Fsp3) is 0.280. The van der Waals surface area contributed by atoms with Crippen molar-refractivity contribution in [1.82, 2.24) is 10.2 Å². The van der Waals surface area contributed by atoms with Gasteiger partial charge < -0.3 is 10.1 Å². The molecule has 2 fully saturated rings. The molecule has 0 aromatic heterocycles. The van der Waals surface area contributed by atoms with Crippen molar-refractivity contribution in [2.24, 2.45) is 0 Å². The predicted molar refractivity (Wildman–Crippen MR) is 114 cm³/mol. The summed E-state index contributed by atoms with van der Waals surface area (Å²) in [7, 11) is 1.69. The molecular weight excluding hydrogens is 363 g/mol. The molecule has 2 saturated heterocycles. The summed E-state index contributed by atoms with van der Waals surface area (Å²) in [5.41, 5.74) is 4.51. The predicted octanol–water partition coefficient (Wildman–Crippen LogP) is 4.44. The quantitative estimate of drug-likeness (QED) is 0.699. The summed E-state index contributed by atoms with van der Waals surface area (Å²) in [4.78, 5) is 2.45. The van der Waals surface area contributed by atoms with Crippen molar-refractivity contribution in [3.8, 4) is 16.9 Å². The van der Waals surface area contributed by atoms with Crippen molar-refractivity contribution in [3.63, 3.8) is 0 Å². The van der Waals surface area contributed by atoms with E-state index in [-0.39, 0.29) is 5.82 Å². The van der Waals surface area contributed by atoms with E-state index in [9.17, 15) is 4.39 Å². The zero-order valence-corrected chi connectivity index (χ0v) is 16.5. The topological polar surface area (TPSA) is 24.5 Å². The number of piperidine rings is 1. The first-order valence-corrected chi connectivity index (χ1v) is 10.2. The highest BCUT2D eigenvalue weighted by Gasteiger charge is 2.51. The molecule has 3 aromatic carbocycles. The Kier molecular flexibility index (Phi) is 4.82. The Hall–Kier alpha value is -2.69. The fourth-order valence-electron chi connectivity index (χ4n) is 4.88. The lowest BCUT2D eigenvalue weighted by atomic mass is 9.72. The Bertz CT molecular complexity index is 992. The van der Waals surface area contributed by atoms with Crippen LogP contribution < -0.4 is 10.1 Å². The van der Waals surface area contributed by atoms with Gasteiger partial charge in [-0.25, -0.2) is 4.39 Å². The molecule has 2 aliphatic heterocycles. The average Bonchev–Trinajstić information content (AvgIpc) is 2.79. The zero-order chi connectivity index (χ0) is 19.8. The van der Waals surface area contributed by atoms with Crippen LogP contribution in [0.3, 0.4) is 0 Å². The lowest BCUT2D eigenvalue weighted by Gasteiger charge is -2.59. The molecule has 5 rings (SSSR count). The molecule has 0 radical (unpaired) electrons. The third kappa shape index (κ3) is 3.33. The number of piperazine rings is 1. The van der Waals surface area contributed by atoms with Gasteiger partial charge in [0.05, 0.1) is 7.11 Å². The number of hydrogen-bond acceptors (Lipinski definition) is 3. The number of likely N-dealkylation sites (tertiary alicyclic amines) is 1. The van der Waals surface area contributed by atoms with Crippen LogP contribution in [-0.4, -0.2) is 37.2 Å². The number of methoxy groups -OCH3 is 1. The van der Waals surface area contributed by atoms with Crippen LogP contribution in [0.2, 0.25) is 0 Å². The molecule has 0 spiro atoms. The van der Waals surface area contributed by atoms with Crippen molar-refractivity contribution >= 4 is 0 Å². The normalized spacial score (nSPS) is 23.4. The molecular formula is C25H25FN2O. The Balaban J connectivity index is 1.34. The molecule has 2 bridgehead atoms. The van der Waals surface area contributed by atoms with E-state index in [1.54, 1.807) is 19.2 Å². The van der Waals surface area contributed by atoms with Crippen molar-refractivity contribution in [2.45, 2.75) is 24.5 Å². The molecule has 0 amide bonds. The van der Waals surface area contributed by atoms with Gasteiger partial charge in [-0.1, -0.05) is 54.6 Å². The summed E-state index contributed by atoms with van der Waals surface area (Å²) < 4.78 is 19.5. The number of fused-ring (bicyclic) bond motifs is 2. The number of halogens is 1. The maximum absolute atomic E-state index is 14.1. The number of benzene rings is 3. The molecule has 1 unspecified atom stereocenters. The van der Waals surface area contributed by atoms with E-state index in [0.29, 0.717) is 24.5 Å². The zero-order valence-electron chi connectivity index (χ0n) is 16.5. The van der Waals surface area contributed by atoms with Crippen LogP contribution in [0, 0.1) is 5.82 Å². The average molecular weight is 388 g/mol. The molecule has 3 atom stereocenters. The van der Waals surface area contributed by atoms with E-state index in [0.717, 1.165) is 30.0 Å². The van der Waals surface area contributed by atoms with Gasteiger partial charge in [-0.15, -0.1) is 0 Å². The van der Waals surface area contributed by atoms with Gasteiger partial charge in [-0.05, 0) is 34.9 Å². The van der Waals surface area contributed by atoms with Crippen molar-refractivity contribution < 1.29 is 9.13 Å². The third-order valence-electron chi connectivity index (χ3n) is 6.40. The second kappa shape index (κ2) is 7.62. The van der Waals surface area contributed by atoms with Gasteiger partial charge in [-0.3, -0.25) is 4.90 Å². The number of hydrogen-bond donors (Lipinski definition) is 1. The minimum Gasteiger partial charge on any atom is -0.497 e. The van der Waals surface area contributed by atoms with E-state index in [1.165, 1.54) is 11.1 Å². The van der Waals surface area contributed by atoms with Crippen LogP contribution in [-0.2, 0) is 6.54 Å². The van der Waals surface area contributed by atoms with Gasteiger partial charge in [-0.2, -0.15) is 0 Å². The van der Waals surface area contributed by atoms with Gasteiger partial charge in [0.15, 0.2) is 0 Å². The maximum Gasteiger partial charge on any atom is 0.127 e. The van der Waals surface area contributed by atoms with E-state index >= 15 is 0 Å². The van der Waals surface area contributed by atoms with Crippen LogP contribution in [0.4, 0.5) is 4.39 Å². The van der Waals surface area contributed by atoms with Crippen LogP contribution in [0.1, 0.15) is 17.0 Å². The molecule has 2 heterocycles. The molecule has 3 nitrogen and oxygen atoms in total. The minimum atomic E-state index is -0.107. The minimum absolute atomic E-state index is 0.107. The van der Waals surface area contributed by atoms with Gasteiger partial charge in [0.1, 0.15) is 11.6 Å². The van der Waals surface area contributed by atoms with Crippen LogP contribution in [0.25, 0.3) is 11.1 Å². The van der Waals surface area contributed by atoms with Crippen molar-refractivity contribution in [1.29, 1.82) is 0 Å². The van der Waals surface area contributed by atoms with Gasteiger partial charge >= 0.3 is 0 Å². The second-order valence-corrected chi connectivity index (χ2v) is 7.94. The van der Waals surface area contributed by atoms with Gasteiger partial charge in [0, 0.05) is 43.2 Å². The molecule has 1 N–H and O–H groups in total. The van der Waals surface area contributed by atoms with Crippen LogP contribution in [0.5, 0.6) is 5.75 Å². The summed E-state index contributed by atoms with van der Waals surface area (Å²) >= 11 is 0. The summed E-state index contributed by atoms with van der Waals surface area (Å²) in [5.74, 6) is 1.27. The first-order chi connectivity index (χ1) is 14.2. The standard InChI is InChI=1S/C25H25FN2O/c1-29-21-7-4-6-19(13-21)17-9-11-18(12-10-17)25-23-14-27-15-24(25)28(23)16-20-5-2-3-8-22(20)26/h2-13,23-25,27H,14-16H2,1H3/t23-,24+,25?. The highest BCUT2D eigenvalue weighted by atomic mass is 19.1. The summed E-state index contributed by atoms with van der Waals surface area (Å²) in [6.45, 7) is 2.59. The third-order valence-corrected chi connectivity index (χ3v) is 6.40. The Morgan fingerprint density at radius 1 is 0.931 bits per heavy atom. The first-order valence-electron chi connectivity index (χ1n) is 10.2. The Labute approximate surface area is 171 Å². The highest BCUT2D eigenvalue weighted by molar-refractivity contribution is 5.65. The van der Waals surface area contributed by atoms with E-state index < -0.39 is 0 Å². The fourth-order valence-corrected chi connectivity index (χ4v) is 4.88. The molecule has 0 aliphatic carbocycles. The SMILES string of the molecule is COc1cccc(-c2ccc(C3[C@H]4CNC[C@@H]3N4Cc3ccccc3F)cc2)c1. The highest BCUT2D eigenvalue weighted by Crippen LogP contribution is 2.44. The lowest BCUT2D eigenvalue weighted by molar-refractivity contribution is -0.0489. The number of nitrogens with one attached hydrogen (secondary N) is 1. The smallest absolute Gasteiger partial charge is 0.127 e. The van der Waals surface area contributed by atoms with Crippen molar-refractivity contribution in [2.75, 3.05) is 20.2 Å². The lowest BCUT2D eigenvalue weighted by Crippen LogP contribution is -2.72. The van der Waals surface area contributed by atoms with Gasteiger partial charge in [0.2, 0.25) is 0 Å². The Morgan fingerprint density at radius 2 is 1.69 bits per heavy atom. The molecule has 3 aromatic rings. The molecule has 4 heteroatoms. The molecule has 0 saturated carbocycles. The summed E-state index contributed by atoms with van der Waals surface area (Å²) in [5, 5.41) is 3.51. The van der Waals surface area contributed by atoms with E-state index in [1.807, 2.05) is 24.3 Å². The molecule has 29 heavy (non-hydrogen) atoms. The number of rotatable bonds is 5. The Morgan fingerprint density at radius 3 is 2.41 bits per heavy atom. The van der Waals surface area contributed by atoms with Crippen LogP contribution in [0.15, 0.2) is 72.8 Å². The second-order valence-electron chi connectivity index (χ2n) is 7.94. The number of nitrogens with zero attached hydrogens (tertiary/aromatic N) is 1.